The molecule has 2 N–H and O–H groups in total. The van der Waals surface area contributed by atoms with Crippen LogP contribution in [0.5, 0.6) is 5.75 Å². The van der Waals surface area contributed by atoms with Crippen LogP contribution in [0.25, 0.3) is 0 Å². The molecule has 0 bridgehead atoms. The first-order chi connectivity index (χ1) is 9.52. The molecule has 1 heterocycles. The highest BCUT2D eigenvalue weighted by Gasteiger charge is 2.16. The van der Waals surface area contributed by atoms with Gasteiger partial charge in [0.05, 0.1) is 12.7 Å². The molecule has 0 saturated carbocycles. The number of carboxylic acids is 1. The van der Waals surface area contributed by atoms with Crippen molar-refractivity contribution in [3.05, 3.63) is 41.6 Å². The Bertz CT molecular complexity index is 663. The van der Waals surface area contributed by atoms with Gasteiger partial charge in [0.1, 0.15) is 11.6 Å². The van der Waals surface area contributed by atoms with Crippen molar-refractivity contribution in [3.63, 3.8) is 0 Å². The van der Waals surface area contributed by atoms with Crippen LogP contribution in [-0.4, -0.2) is 33.9 Å². The molecule has 2 rings (SSSR count). The molecule has 104 valence electrons. The number of hydrogen-bond acceptors (Lipinski definition) is 4. The van der Waals surface area contributed by atoms with Crippen LogP contribution < -0.4 is 10.1 Å². The van der Waals surface area contributed by atoms with Crippen molar-refractivity contribution in [2.75, 3.05) is 12.4 Å². The van der Waals surface area contributed by atoms with Gasteiger partial charge in [0.25, 0.3) is 5.91 Å². The zero-order valence-electron chi connectivity index (χ0n) is 11.0. The van der Waals surface area contributed by atoms with Gasteiger partial charge in [-0.05, 0) is 12.1 Å². The SMILES string of the molecule is COc1ccccc1C(=O)Nc1cc(C(=O)O)nn1C. The first-order valence-electron chi connectivity index (χ1n) is 5.74. The van der Waals surface area contributed by atoms with E-state index in [2.05, 4.69) is 10.4 Å². The van der Waals surface area contributed by atoms with Gasteiger partial charge in [-0.25, -0.2) is 4.79 Å². The summed E-state index contributed by atoms with van der Waals surface area (Å²) in [4.78, 5) is 23.0. The van der Waals surface area contributed by atoms with Crippen molar-refractivity contribution in [2.24, 2.45) is 7.05 Å². The molecule has 0 aliphatic heterocycles. The number of rotatable bonds is 4. The van der Waals surface area contributed by atoms with Gasteiger partial charge < -0.3 is 15.2 Å². The van der Waals surface area contributed by atoms with E-state index in [1.54, 1.807) is 31.3 Å². The van der Waals surface area contributed by atoms with Crippen molar-refractivity contribution in [3.8, 4) is 5.75 Å². The number of carbonyl (C=O) groups excluding carboxylic acids is 1. The molecular weight excluding hydrogens is 262 g/mol. The lowest BCUT2D eigenvalue weighted by Gasteiger charge is -2.08. The topological polar surface area (TPSA) is 93.4 Å². The molecule has 0 aliphatic rings. The molecule has 0 saturated heterocycles. The molecule has 0 fully saturated rings. The smallest absolute Gasteiger partial charge is 0.356 e. The molecule has 2 aromatic rings. The summed E-state index contributed by atoms with van der Waals surface area (Å²) in [5.41, 5.74) is 0.218. The summed E-state index contributed by atoms with van der Waals surface area (Å²) in [6, 6.07) is 8.03. The summed E-state index contributed by atoms with van der Waals surface area (Å²) < 4.78 is 6.39. The van der Waals surface area contributed by atoms with E-state index in [4.69, 9.17) is 9.84 Å². The predicted octanol–water partition coefficient (Wildman–Crippen LogP) is 1.38. The maximum Gasteiger partial charge on any atom is 0.356 e. The molecule has 1 aromatic heterocycles. The predicted molar refractivity (Wildman–Crippen MR) is 71.1 cm³/mol. The average Bonchev–Trinajstić information content (AvgIpc) is 2.80. The van der Waals surface area contributed by atoms with E-state index in [1.807, 2.05) is 0 Å². The van der Waals surface area contributed by atoms with Gasteiger partial charge >= 0.3 is 5.97 Å². The second kappa shape index (κ2) is 5.43. The van der Waals surface area contributed by atoms with Gasteiger partial charge in [-0.15, -0.1) is 0 Å². The first-order valence-corrected chi connectivity index (χ1v) is 5.74. The number of nitrogens with zero attached hydrogens (tertiary/aromatic N) is 2. The third-order valence-electron chi connectivity index (χ3n) is 2.69. The normalized spacial score (nSPS) is 10.1. The average molecular weight is 275 g/mol. The Morgan fingerprint density at radius 3 is 2.65 bits per heavy atom. The van der Waals surface area contributed by atoms with Crippen molar-refractivity contribution < 1.29 is 19.4 Å². The van der Waals surface area contributed by atoms with E-state index in [0.29, 0.717) is 17.1 Å². The van der Waals surface area contributed by atoms with Gasteiger partial charge in [-0.1, -0.05) is 12.1 Å². The maximum atomic E-state index is 12.1. The summed E-state index contributed by atoms with van der Waals surface area (Å²) in [6.45, 7) is 0. The van der Waals surface area contributed by atoms with Crippen molar-refractivity contribution in [1.29, 1.82) is 0 Å². The Labute approximate surface area is 114 Å². The highest BCUT2D eigenvalue weighted by molar-refractivity contribution is 6.06. The summed E-state index contributed by atoms with van der Waals surface area (Å²) in [5.74, 6) is -0.829. The second-order valence-electron chi connectivity index (χ2n) is 4.00. The minimum Gasteiger partial charge on any atom is -0.496 e. The molecule has 0 radical (unpaired) electrons. The fourth-order valence-electron chi connectivity index (χ4n) is 1.70. The second-order valence-corrected chi connectivity index (χ2v) is 4.00. The Morgan fingerprint density at radius 1 is 1.35 bits per heavy atom. The number of benzene rings is 1. The van der Waals surface area contributed by atoms with E-state index in [-0.39, 0.29) is 5.69 Å². The maximum absolute atomic E-state index is 12.1. The number of para-hydroxylation sites is 1. The number of aromatic carboxylic acids is 1. The molecule has 1 aromatic carbocycles. The van der Waals surface area contributed by atoms with E-state index in [1.165, 1.54) is 17.9 Å². The monoisotopic (exact) mass is 275 g/mol. The number of methoxy groups -OCH3 is 1. The molecule has 0 spiro atoms. The van der Waals surface area contributed by atoms with E-state index < -0.39 is 11.9 Å². The Balaban J connectivity index is 2.26. The van der Waals surface area contributed by atoms with Crippen molar-refractivity contribution in [1.82, 2.24) is 9.78 Å². The van der Waals surface area contributed by atoms with Crippen LogP contribution in [0.3, 0.4) is 0 Å². The Kier molecular flexibility index (Phi) is 3.69. The largest absolute Gasteiger partial charge is 0.496 e. The minimum atomic E-state index is -1.15. The lowest BCUT2D eigenvalue weighted by molar-refractivity contribution is 0.0689. The standard InChI is InChI=1S/C13H13N3O4/c1-16-11(7-9(15-16)13(18)19)14-12(17)8-5-3-4-6-10(8)20-2/h3-7H,1-2H3,(H,14,17)(H,18,19). The Hall–Kier alpha value is -2.83. The van der Waals surface area contributed by atoms with Gasteiger partial charge in [0, 0.05) is 13.1 Å². The Morgan fingerprint density at radius 2 is 2.05 bits per heavy atom. The number of aryl methyl sites for hydroxylation is 1. The highest BCUT2D eigenvalue weighted by atomic mass is 16.5. The van der Waals surface area contributed by atoms with Crippen LogP contribution >= 0.6 is 0 Å². The zero-order chi connectivity index (χ0) is 14.7. The first kappa shape index (κ1) is 13.6. The van der Waals surface area contributed by atoms with Crippen LogP contribution in [0, 0.1) is 0 Å². The molecule has 20 heavy (non-hydrogen) atoms. The molecular formula is C13H13N3O4. The van der Waals surface area contributed by atoms with E-state index >= 15 is 0 Å². The van der Waals surface area contributed by atoms with E-state index in [9.17, 15) is 9.59 Å². The van der Waals surface area contributed by atoms with Crippen LogP contribution in [0.15, 0.2) is 30.3 Å². The van der Waals surface area contributed by atoms with Crippen LogP contribution in [-0.2, 0) is 7.05 Å². The highest BCUT2D eigenvalue weighted by Crippen LogP contribution is 2.19. The van der Waals surface area contributed by atoms with E-state index in [0.717, 1.165) is 0 Å². The van der Waals surface area contributed by atoms with Gasteiger partial charge in [-0.3, -0.25) is 9.48 Å². The fourth-order valence-corrected chi connectivity index (χ4v) is 1.70. The molecule has 1 amide bonds. The van der Waals surface area contributed by atoms with Crippen LogP contribution in [0.2, 0.25) is 0 Å². The lowest BCUT2D eigenvalue weighted by atomic mass is 10.2. The third-order valence-corrected chi connectivity index (χ3v) is 2.69. The van der Waals surface area contributed by atoms with Gasteiger partial charge in [0.2, 0.25) is 0 Å². The van der Waals surface area contributed by atoms with Crippen LogP contribution in [0.4, 0.5) is 5.82 Å². The van der Waals surface area contributed by atoms with Crippen LogP contribution in [0.1, 0.15) is 20.8 Å². The third kappa shape index (κ3) is 2.61. The number of nitrogens with one attached hydrogen (secondary N) is 1. The molecule has 0 unspecified atom stereocenters. The summed E-state index contributed by atoms with van der Waals surface area (Å²) in [6.07, 6.45) is 0. The number of carbonyl (C=O) groups is 2. The number of anilines is 1. The number of amides is 1. The summed E-state index contributed by atoms with van der Waals surface area (Å²) in [7, 11) is 3.02. The fraction of sp³-hybridized carbons (Fsp3) is 0.154. The van der Waals surface area contributed by atoms with Crippen molar-refractivity contribution in [2.45, 2.75) is 0 Å². The van der Waals surface area contributed by atoms with Gasteiger partial charge in [0.15, 0.2) is 5.69 Å². The number of aromatic nitrogens is 2. The van der Waals surface area contributed by atoms with Gasteiger partial charge in [-0.2, -0.15) is 5.10 Å². The number of ether oxygens (including phenoxy) is 1. The summed E-state index contributed by atoms with van der Waals surface area (Å²) >= 11 is 0. The van der Waals surface area contributed by atoms with Crippen molar-refractivity contribution >= 4 is 17.7 Å². The quantitative estimate of drug-likeness (QED) is 0.879. The zero-order valence-corrected chi connectivity index (χ0v) is 11.0. The lowest BCUT2D eigenvalue weighted by Crippen LogP contribution is -2.15. The molecule has 0 atom stereocenters. The summed E-state index contributed by atoms with van der Waals surface area (Å²) in [5, 5.41) is 15.2. The molecule has 7 nitrogen and oxygen atoms in total. The minimum absolute atomic E-state index is 0.136. The number of carboxylic acid groups (broad SMARTS) is 1. The number of hydrogen-bond donors (Lipinski definition) is 2. The molecule has 0 aliphatic carbocycles. The molecule has 7 heteroatoms.